The van der Waals surface area contributed by atoms with Gasteiger partial charge in [-0.3, -0.25) is 4.72 Å². The normalized spacial score (nSPS) is 11.1. The van der Waals surface area contributed by atoms with Crippen LogP contribution in [0, 0.1) is 6.92 Å². The summed E-state index contributed by atoms with van der Waals surface area (Å²) in [6.45, 7) is 1.89. The van der Waals surface area contributed by atoms with E-state index in [1.807, 2.05) is 6.92 Å². The Morgan fingerprint density at radius 1 is 0.926 bits per heavy atom. The van der Waals surface area contributed by atoms with Crippen LogP contribution in [0.1, 0.15) is 5.56 Å². The topological polar surface area (TPSA) is 64.6 Å². The van der Waals surface area contributed by atoms with E-state index < -0.39 is 10.0 Å². The minimum atomic E-state index is -3.79. The fourth-order valence-corrected chi connectivity index (χ4v) is 3.62. The van der Waals surface area contributed by atoms with Crippen LogP contribution in [0.2, 0.25) is 5.02 Å². The molecule has 0 fully saturated rings. The Balaban J connectivity index is 1.93. The van der Waals surface area contributed by atoms with E-state index in [4.69, 9.17) is 21.1 Å². The molecular weight excluding hydrogens is 386 g/mol. The summed E-state index contributed by atoms with van der Waals surface area (Å²) in [5.74, 6) is 1.46. The van der Waals surface area contributed by atoms with Gasteiger partial charge in [-0.05, 0) is 49.4 Å². The number of anilines is 1. The first kappa shape index (κ1) is 19.1. The Morgan fingerprint density at radius 2 is 1.63 bits per heavy atom. The number of rotatable bonds is 6. The van der Waals surface area contributed by atoms with Gasteiger partial charge in [-0.1, -0.05) is 35.4 Å². The monoisotopic (exact) mass is 403 g/mol. The second kappa shape index (κ2) is 7.90. The highest BCUT2D eigenvalue weighted by atomic mass is 35.5. The summed E-state index contributed by atoms with van der Waals surface area (Å²) >= 11 is 6.05. The second-order valence-corrected chi connectivity index (χ2v) is 7.96. The van der Waals surface area contributed by atoms with Crippen molar-refractivity contribution in [2.24, 2.45) is 0 Å². The van der Waals surface area contributed by atoms with Crippen molar-refractivity contribution < 1.29 is 17.9 Å². The van der Waals surface area contributed by atoms with Crippen LogP contribution in [0.15, 0.2) is 71.6 Å². The lowest BCUT2D eigenvalue weighted by atomic mass is 10.2. The van der Waals surface area contributed by atoms with Crippen LogP contribution in [-0.2, 0) is 10.0 Å². The van der Waals surface area contributed by atoms with Gasteiger partial charge >= 0.3 is 0 Å². The van der Waals surface area contributed by atoms with Crippen molar-refractivity contribution in [1.82, 2.24) is 0 Å². The number of methoxy groups -OCH3 is 1. The summed E-state index contributed by atoms with van der Waals surface area (Å²) < 4.78 is 39.0. The largest absolute Gasteiger partial charge is 0.497 e. The third kappa shape index (κ3) is 4.72. The number of hydrogen-bond acceptors (Lipinski definition) is 4. The molecule has 0 heterocycles. The number of hydrogen-bond donors (Lipinski definition) is 1. The zero-order chi connectivity index (χ0) is 19.4. The van der Waals surface area contributed by atoms with Crippen molar-refractivity contribution in [2.75, 3.05) is 11.8 Å². The van der Waals surface area contributed by atoms with Crippen molar-refractivity contribution in [3.05, 3.63) is 77.3 Å². The quantitative estimate of drug-likeness (QED) is 0.610. The molecule has 140 valence electrons. The molecule has 0 spiro atoms. The first-order valence-electron chi connectivity index (χ1n) is 8.08. The van der Waals surface area contributed by atoms with Crippen molar-refractivity contribution in [2.45, 2.75) is 11.8 Å². The Labute approximate surface area is 163 Å². The van der Waals surface area contributed by atoms with Crippen molar-refractivity contribution in [3.8, 4) is 17.2 Å². The van der Waals surface area contributed by atoms with Gasteiger partial charge in [0.15, 0.2) is 5.75 Å². The number of sulfonamides is 1. The van der Waals surface area contributed by atoms with E-state index in [0.29, 0.717) is 22.3 Å². The molecule has 0 aliphatic heterocycles. The molecule has 0 radical (unpaired) electrons. The molecular formula is C20H18ClNO4S. The molecule has 0 aromatic heterocycles. The summed E-state index contributed by atoms with van der Waals surface area (Å²) in [7, 11) is -2.23. The van der Waals surface area contributed by atoms with Gasteiger partial charge in [0.2, 0.25) is 0 Å². The molecule has 0 saturated heterocycles. The van der Waals surface area contributed by atoms with Gasteiger partial charge in [0.1, 0.15) is 11.5 Å². The predicted octanol–water partition coefficient (Wildman–Crippen LogP) is 5.25. The fourth-order valence-electron chi connectivity index (χ4n) is 2.38. The van der Waals surface area contributed by atoms with Gasteiger partial charge in [0.05, 0.1) is 17.7 Å². The lowest BCUT2D eigenvalue weighted by Gasteiger charge is -2.14. The number of nitrogens with one attached hydrogen (secondary N) is 1. The van der Waals surface area contributed by atoms with Gasteiger partial charge < -0.3 is 9.47 Å². The fraction of sp³-hybridized carbons (Fsp3) is 0.100. The standard InChI is InChI=1S/C20H18ClNO4S/c1-14-6-9-18(10-7-14)27(23,24)22-19-12-15(21)8-11-20(19)26-17-5-3-4-16(13-17)25-2/h3-13,22H,1-2H3. The highest BCUT2D eigenvalue weighted by molar-refractivity contribution is 7.92. The average molecular weight is 404 g/mol. The molecule has 0 aliphatic rings. The van der Waals surface area contributed by atoms with Crippen LogP contribution in [0.4, 0.5) is 5.69 Å². The minimum Gasteiger partial charge on any atom is -0.497 e. The average Bonchev–Trinajstić information content (AvgIpc) is 2.64. The first-order chi connectivity index (χ1) is 12.9. The van der Waals surface area contributed by atoms with Crippen molar-refractivity contribution in [1.29, 1.82) is 0 Å². The highest BCUT2D eigenvalue weighted by Gasteiger charge is 2.17. The Morgan fingerprint density at radius 3 is 2.33 bits per heavy atom. The Hall–Kier alpha value is -2.70. The van der Waals surface area contributed by atoms with Gasteiger partial charge in [-0.25, -0.2) is 8.42 Å². The van der Waals surface area contributed by atoms with E-state index in [0.717, 1.165) is 5.56 Å². The molecule has 0 saturated carbocycles. The summed E-state index contributed by atoms with van der Waals surface area (Å²) in [6, 6.07) is 18.3. The van der Waals surface area contributed by atoms with Crippen LogP contribution in [-0.4, -0.2) is 15.5 Å². The predicted molar refractivity (Wildman–Crippen MR) is 107 cm³/mol. The van der Waals surface area contributed by atoms with Crippen molar-refractivity contribution >= 4 is 27.3 Å². The molecule has 3 aromatic carbocycles. The number of ether oxygens (including phenoxy) is 2. The molecule has 0 aliphatic carbocycles. The molecule has 3 rings (SSSR count). The van der Waals surface area contributed by atoms with E-state index in [-0.39, 0.29) is 10.6 Å². The molecule has 0 bridgehead atoms. The first-order valence-corrected chi connectivity index (χ1v) is 9.94. The van der Waals surface area contributed by atoms with Crippen LogP contribution in [0.3, 0.4) is 0 Å². The second-order valence-electron chi connectivity index (χ2n) is 5.84. The van der Waals surface area contributed by atoms with Crippen LogP contribution >= 0.6 is 11.6 Å². The van der Waals surface area contributed by atoms with Crippen LogP contribution in [0.25, 0.3) is 0 Å². The zero-order valence-corrected chi connectivity index (χ0v) is 16.3. The molecule has 3 aromatic rings. The van der Waals surface area contributed by atoms with Gasteiger partial charge in [-0.2, -0.15) is 0 Å². The van der Waals surface area contributed by atoms with Crippen LogP contribution in [0.5, 0.6) is 17.2 Å². The zero-order valence-electron chi connectivity index (χ0n) is 14.8. The summed E-state index contributed by atoms with van der Waals surface area (Å²) in [6.07, 6.45) is 0. The SMILES string of the molecule is COc1cccc(Oc2ccc(Cl)cc2NS(=O)(=O)c2ccc(C)cc2)c1. The van der Waals surface area contributed by atoms with E-state index in [9.17, 15) is 8.42 Å². The molecule has 1 N–H and O–H groups in total. The summed E-state index contributed by atoms with van der Waals surface area (Å²) in [5, 5.41) is 0.384. The number of aryl methyl sites for hydroxylation is 1. The molecule has 5 nitrogen and oxygen atoms in total. The maximum absolute atomic E-state index is 12.7. The molecule has 0 unspecified atom stereocenters. The lowest BCUT2D eigenvalue weighted by molar-refractivity contribution is 0.409. The highest BCUT2D eigenvalue weighted by Crippen LogP contribution is 2.34. The Bertz CT molecular complexity index is 1050. The molecule has 0 amide bonds. The maximum Gasteiger partial charge on any atom is 0.262 e. The van der Waals surface area contributed by atoms with E-state index >= 15 is 0 Å². The van der Waals surface area contributed by atoms with Gasteiger partial charge in [-0.15, -0.1) is 0 Å². The number of halogens is 1. The smallest absolute Gasteiger partial charge is 0.262 e. The third-order valence-electron chi connectivity index (χ3n) is 3.79. The lowest BCUT2D eigenvalue weighted by Crippen LogP contribution is -2.13. The van der Waals surface area contributed by atoms with Crippen LogP contribution < -0.4 is 14.2 Å². The molecule has 27 heavy (non-hydrogen) atoms. The third-order valence-corrected chi connectivity index (χ3v) is 5.40. The van der Waals surface area contributed by atoms with Gasteiger partial charge in [0.25, 0.3) is 10.0 Å². The Kier molecular flexibility index (Phi) is 5.58. The van der Waals surface area contributed by atoms with Gasteiger partial charge in [0, 0.05) is 11.1 Å². The number of benzene rings is 3. The van der Waals surface area contributed by atoms with Crippen molar-refractivity contribution in [3.63, 3.8) is 0 Å². The molecule has 0 atom stereocenters. The summed E-state index contributed by atoms with van der Waals surface area (Å²) in [4.78, 5) is 0.153. The van der Waals surface area contributed by atoms with E-state index in [1.165, 1.54) is 6.07 Å². The van der Waals surface area contributed by atoms with E-state index in [1.54, 1.807) is 67.8 Å². The summed E-state index contributed by atoms with van der Waals surface area (Å²) in [5.41, 5.74) is 1.21. The van der Waals surface area contributed by atoms with E-state index in [2.05, 4.69) is 4.72 Å². The minimum absolute atomic E-state index is 0.153. The maximum atomic E-state index is 12.7. The molecule has 7 heteroatoms.